The smallest absolute Gasteiger partial charge is 0.189 e. The number of aliphatic hydroxyl groups is 2. The molecule has 1 aliphatic heterocycles. The number of hydrogen-bond acceptors (Lipinski definition) is 8. The molecule has 0 bridgehead atoms. The molecule has 5 unspecified atom stereocenters. The summed E-state index contributed by atoms with van der Waals surface area (Å²) in [6.45, 7) is 2.09. The maximum atomic E-state index is 8.96. The molecule has 8 heteroatoms. The van der Waals surface area contributed by atoms with Gasteiger partial charge in [-0.25, -0.2) is 0 Å². The van der Waals surface area contributed by atoms with Crippen molar-refractivity contribution in [3.63, 3.8) is 0 Å². The fourth-order valence-corrected chi connectivity index (χ4v) is 2.25. The summed E-state index contributed by atoms with van der Waals surface area (Å²) in [4.78, 5) is 0. The minimum atomic E-state index is -0.691. The molecule has 0 aromatic carbocycles. The highest BCUT2D eigenvalue weighted by Crippen LogP contribution is 2.31. The standard InChI is InChI=1S/C13H26O8/c1-9-10(18-6-4-14)11(20-8-16-2)13(17-3)21-12(9)19-7-5-15/h9-15H,4-8H2,1-3H3. The fourth-order valence-electron chi connectivity index (χ4n) is 2.25. The molecule has 5 atom stereocenters. The van der Waals surface area contributed by atoms with Crippen LogP contribution in [0.4, 0.5) is 0 Å². The van der Waals surface area contributed by atoms with Gasteiger partial charge in [0.25, 0.3) is 0 Å². The van der Waals surface area contributed by atoms with Gasteiger partial charge in [0.1, 0.15) is 12.9 Å². The van der Waals surface area contributed by atoms with E-state index in [1.807, 2.05) is 6.92 Å². The van der Waals surface area contributed by atoms with Crippen LogP contribution in [0.15, 0.2) is 0 Å². The van der Waals surface area contributed by atoms with Crippen molar-refractivity contribution in [2.75, 3.05) is 47.4 Å². The Bertz CT molecular complexity index is 265. The van der Waals surface area contributed by atoms with Crippen LogP contribution in [0.1, 0.15) is 6.92 Å². The van der Waals surface area contributed by atoms with Gasteiger partial charge in [-0.05, 0) is 0 Å². The molecule has 2 N–H and O–H groups in total. The van der Waals surface area contributed by atoms with Crippen LogP contribution in [0.2, 0.25) is 0 Å². The maximum Gasteiger partial charge on any atom is 0.189 e. The van der Waals surface area contributed by atoms with Crippen molar-refractivity contribution in [2.45, 2.75) is 31.7 Å². The minimum Gasteiger partial charge on any atom is -0.394 e. The van der Waals surface area contributed by atoms with Gasteiger partial charge in [0.15, 0.2) is 12.6 Å². The van der Waals surface area contributed by atoms with E-state index in [1.54, 1.807) is 0 Å². The van der Waals surface area contributed by atoms with E-state index in [9.17, 15) is 0 Å². The zero-order valence-electron chi connectivity index (χ0n) is 12.8. The quantitative estimate of drug-likeness (QED) is 0.513. The van der Waals surface area contributed by atoms with E-state index in [0.29, 0.717) is 0 Å². The van der Waals surface area contributed by atoms with E-state index in [-0.39, 0.29) is 39.1 Å². The van der Waals surface area contributed by atoms with Gasteiger partial charge in [-0.2, -0.15) is 0 Å². The molecule has 21 heavy (non-hydrogen) atoms. The number of aliphatic hydroxyl groups excluding tert-OH is 2. The van der Waals surface area contributed by atoms with E-state index in [0.717, 1.165) is 0 Å². The van der Waals surface area contributed by atoms with Crippen LogP contribution in [-0.4, -0.2) is 82.4 Å². The first-order chi connectivity index (χ1) is 10.2. The summed E-state index contributed by atoms with van der Waals surface area (Å²) in [6, 6.07) is 0. The van der Waals surface area contributed by atoms with E-state index >= 15 is 0 Å². The lowest BCUT2D eigenvalue weighted by Gasteiger charge is -2.44. The van der Waals surface area contributed by atoms with Gasteiger partial charge in [0.2, 0.25) is 0 Å². The van der Waals surface area contributed by atoms with Gasteiger partial charge in [0, 0.05) is 20.1 Å². The number of rotatable bonds is 10. The van der Waals surface area contributed by atoms with Crippen LogP contribution in [0.3, 0.4) is 0 Å². The first-order valence-corrected chi connectivity index (χ1v) is 6.93. The first kappa shape index (κ1) is 18.7. The molecule has 8 nitrogen and oxygen atoms in total. The van der Waals surface area contributed by atoms with Gasteiger partial charge >= 0.3 is 0 Å². The monoisotopic (exact) mass is 310 g/mol. The summed E-state index contributed by atoms with van der Waals surface area (Å²) in [7, 11) is 3.02. The zero-order chi connectivity index (χ0) is 15.7. The van der Waals surface area contributed by atoms with Gasteiger partial charge in [0.05, 0.1) is 32.5 Å². The molecule has 1 fully saturated rings. The van der Waals surface area contributed by atoms with E-state index in [4.69, 9.17) is 38.6 Å². The van der Waals surface area contributed by atoms with Crippen LogP contribution >= 0.6 is 0 Å². The molecule has 1 heterocycles. The molecular formula is C13H26O8. The Kier molecular flexibility index (Phi) is 9.29. The van der Waals surface area contributed by atoms with Crippen molar-refractivity contribution >= 4 is 0 Å². The summed E-state index contributed by atoms with van der Waals surface area (Å²) in [5, 5.41) is 17.8. The Labute approximate surface area is 124 Å². The second-order valence-corrected chi connectivity index (χ2v) is 4.66. The number of methoxy groups -OCH3 is 2. The summed E-state index contributed by atoms with van der Waals surface area (Å²) in [6.07, 6.45) is -2.18. The predicted molar refractivity (Wildman–Crippen MR) is 71.4 cm³/mol. The van der Waals surface area contributed by atoms with Crippen molar-refractivity contribution in [3.8, 4) is 0 Å². The van der Waals surface area contributed by atoms with E-state index in [1.165, 1.54) is 14.2 Å². The number of hydrogen-bond donors (Lipinski definition) is 2. The average Bonchev–Trinajstić information content (AvgIpc) is 2.50. The molecule has 1 aliphatic rings. The van der Waals surface area contributed by atoms with Crippen molar-refractivity contribution in [3.05, 3.63) is 0 Å². The Morgan fingerprint density at radius 1 is 0.905 bits per heavy atom. The summed E-state index contributed by atoms with van der Waals surface area (Å²) in [5.41, 5.74) is 0. The zero-order valence-corrected chi connectivity index (χ0v) is 12.8. The lowest BCUT2D eigenvalue weighted by atomic mass is 9.95. The fraction of sp³-hybridized carbons (Fsp3) is 1.00. The third kappa shape index (κ3) is 5.42. The highest BCUT2D eigenvalue weighted by molar-refractivity contribution is 4.86. The second-order valence-electron chi connectivity index (χ2n) is 4.66. The lowest BCUT2D eigenvalue weighted by Crippen LogP contribution is -2.57. The highest BCUT2D eigenvalue weighted by atomic mass is 16.8. The second kappa shape index (κ2) is 10.4. The number of ether oxygens (including phenoxy) is 6. The third-order valence-electron chi connectivity index (χ3n) is 3.19. The molecule has 0 radical (unpaired) electrons. The lowest BCUT2D eigenvalue weighted by molar-refractivity contribution is -0.350. The Balaban J connectivity index is 2.77. The molecule has 1 rings (SSSR count). The molecule has 0 aromatic rings. The molecule has 126 valence electrons. The van der Waals surface area contributed by atoms with Crippen LogP contribution in [-0.2, 0) is 28.4 Å². The predicted octanol–water partition coefficient (Wildman–Crippen LogP) is -0.673. The normalized spacial score (nSPS) is 33.3. The van der Waals surface area contributed by atoms with Crippen LogP contribution in [0.5, 0.6) is 0 Å². The van der Waals surface area contributed by atoms with E-state index < -0.39 is 24.8 Å². The summed E-state index contributed by atoms with van der Waals surface area (Å²) in [5.74, 6) is -0.170. The summed E-state index contributed by atoms with van der Waals surface area (Å²) < 4.78 is 32.6. The highest BCUT2D eigenvalue weighted by Gasteiger charge is 2.46. The van der Waals surface area contributed by atoms with E-state index in [2.05, 4.69) is 0 Å². The topological polar surface area (TPSA) is 95.8 Å². The summed E-state index contributed by atoms with van der Waals surface area (Å²) >= 11 is 0. The van der Waals surface area contributed by atoms with Crippen LogP contribution < -0.4 is 0 Å². The molecule has 0 aliphatic carbocycles. The van der Waals surface area contributed by atoms with Crippen molar-refractivity contribution in [1.29, 1.82) is 0 Å². The Morgan fingerprint density at radius 2 is 1.57 bits per heavy atom. The van der Waals surface area contributed by atoms with Crippen molar-refractivity contribution in [1.82, 2.24) is 0 Å². The van der Waals surface area contributed by atoms with Crippen LogP contribution in [0, 0.1) is 5.92 Å². The van der Waals surface area contributed by atoms with Gasteiger partial charge in [-0.3, -0.25) is 0 Å². The molecule has 0 spiro atoms. The molecule has 0 aromatic heterocycles. The van der Waals surface area contributed by atoms with Crippen molar-refractivity contribution in [2.24, 2.45) is 5.92 Å². The van der Waals surface area contributed by atoms with Crippen LogP contribution in [0.25, 0.3) is 0 Å². The maximum absolute atomic E-state index is 8.96. The third-order valence-corrected chi connectivity index (χ3v) is 3.19. The van der Waals surface area contributed by atoms with Gasteiger partial charge in [-0.1, -0.05) is 6.92 Å². The Hall–Kier alpha value is -0.320. The van der Waals surface area contributed by atoms with Gasteiger partial charge in [-0.15, -0.1) is 0 Å². The SMILES string of the molecule is COCOC1C(OC)OC(OCCO)C(C)C1OCCO. The Morgan fingerprint density at radius 3 is 2.14 bits per heavy atom. The largest absolute Gasteiger partial charge is 0.394 e. The molecule has 0 amide bonds. The molecule has 1 saturated heterocycles. The van der Waals surface area contributed by atoms with Crippen molar-refractivity contribution < 1.29 is 38.6 Å². The molecular weight excluding hydrogens is 284 g/mol. The van der Waals surface area contributed by atoms with Gasteiger partial charge < -0.3 is 38.6 Å². The minimum absolute atomic E-state index is 0.0712. The average molecular weight is 310 g/mol. The first-order valence-electron chi connectivity index (χ1n) is 6.93. The molecule has 0 saturated carbocycles.